The highest BCUT2D eigenvalue weighted by atomic mass is 16.5. The minimum absolute atomic E-state index is 0.254. The van der Waals surface area contributed by atoms with E-state index in [9.17, 15) is 0 Å². The fraction of sp³-hybridized carbons (Fsp3) is 0.188. The number of benzene rings is 8. The van der Waals surface area contributed by atoms with Gasteiger partial charge in [-0.3, -0.25) is 0 Å². The summed E-state index contributed by atoms with van der Waals surface area (Å²) in [4.78, 5) is 31.4. The fourth-order valence-corrected chi connectivity index (χ4v) is 13.5. The quantitative estimate of drug-likeness (QED) is 0.0812. The zero-order chi connectivity index (χ0) is 56.5. The maximum Gasteiger partial charge on any atom is 0.198 e. The maximum absolute atomic E-state index is 7.30. The molecule has 1 aliphatic carbocycles. The van der Waals surface area contributed by atoms with E-state index in [-0.39, 0.29) is 23.8 Å². The number of H-pyrrole nitrogens is 4. The van der Waals surface area contributed by atoms with Crippen molar-refractivity contribution in [2.24, 2.45) is 0 Å². The highest BCUT2D eigenvalue weighted by Crippen LogP contribution is 2.56. The van der Waals surface area contributed by atoms with Crippen molar-refractivity contribution in [2.45, 2.75) is 79.1 Å². The molecule has 20 nitrogen and oxygen atoms in total. The number of ether oxygens (including phenoxy) is 8. The Morgan fingerprint density at radius 3 is 0.631 bits per heavy atom. The molecule has 4 aliphatic heterocycles. The third-order valence-electron chi connectivity index (χ3n) is 17.2. The molecule has 0 amide bonds. The van der Waals surface area contributed by atoms with E-state index in [1.807, 2.05) is 72.8 Å². The number of nitrogens with one attached hydrogen (secondary N) is 4. The van der Waals surface area contributed by atoms with E-state index >= 15 is 0 Å². The topological polar surface area (TPSA) is 293 Å². The van der Waals surface area contributed by atoms with Gasteiger partial charge in [0, 0.05) is 143 Å². The number of nitrogen functional groups attached to an aromatic ring is 4. The van der Waals surface area contributed by atoms with Crippen molar-refractivity contribution in [3.8, 4) is 92.0 Å². The Balaban J connectivity index is 1.04. The molecule has 0 unspecified atom stereocenters. The molecule has 5 aliphatic rings. The van der Waals surface area contributed by atoms with Crippen LogP contribution >= 0.6 is 0 Å². The van der Waals surface area contributed by atoms with Gasteiger partial charge in [0.2, 0.25) is 0 Å². The Kier molecular flexibility index (Phi) is 9.93. The maximum atomic E-state index is 7.30. The van der Waals surface area contributed by atoms with Gasteiger partial charge in [0.05, 0.1) is 44.1 Å². The zero-order valence-corrected chi connectivity index (χ0v) is 45.9. The monoisotopic (exact) mass is 1120 g/mol. The molecule has 0 saturated carbocycles. The number of aromatic nitrogens is 8. The van der Waals surface area contributed by atoms with Gasteiger partial charge in [-0.1, -0.05) is 27.7 Å². The normalized spacial score (nSPS) is 14.0. The Bertz CT molecular complexity index is 4050. The highest BCUT2D eigenvalue weighted by molar-refractivity contribution is 5.86. The molecule has 12 aromatic rings. The van der Waals surface area contributed by atoms with Crippen LogP contribution in [0.25, 0.3) is 44.1 Å². The standard InChI is InChI=1S/C64H52N12O8/c1-5-25-29-9-31-26(6-2)33-11-35-28(8-4)36-12-34-27(7-3)32-10-30(25)46-21-45(29)77-53-13-37-39(71-61(65)69-37)15-55(53)79-47(31)22-49(33)81-57-17-41-43(75-63(67)73-41)19-59(57)83-51(35)24-52(36)84-60-20-44-42(74-64(68)76-44)18-58(60)82-50(34)23-48(32)80-56-16-40-38(14-54(56)78-46)70-62(66)72-40/h13-24H,5-12H2,1-4H3,(H3,65,69,71)(H3,66,70,72)(H3,67,73,75)(H3,68,74,76). The Labute approximate surface area is 477 Å². The summed E-state index contributed by atoms with van der Waals surface area (Å²) in [5.41, 5.74) is 42.3. The van der Waals surface area contributed by atoms with Gasteiger partial charge in [-0.2, -0.15) is 0 Å². The van der Waals surface area contributed by atoms with Crippen molar-refractivity contribution in [1.29, 1.82) is 0 Å². The number of aromatic amines is 4. The van der Waals surface area contributed by atoms with Crippen molar-refractivity contribution < 1.29 is 37.9 Å². The molecule has 0 saturated heterocycles. The lowest BCUT2D eigenvalue weighted by Crippen LogP contribution is -2.12. The average Bonchev–Trinajstić information content (AvgIpc) is 4.34. The molecule has 0 fully saturated rings. The smallest absolute Gasteiger partial charge is 0.198 e. The molecule has 8 bridgehead atoms. The minimum atomic E-state index is 0.254. The first kappa shape index (κ1) is 48.0. The Morgan fingerprint density at radius 2 is 0.452 bits per heavy atom. The molecule has 8 aromatic carbocycles. The number of anilines is 4. The summed E-state index contributed by atoms with van der Waals surface area (Å²) in [7, 11) is 0. The van der Waals surface area contributed by atoms with Crippen LogP contribution in [0.5, 0.6) is 92.0 Å². The van der Waals surface area contributed by atoms with Crippen LogP contribution < -0.4 is 60.8 Å². The fourth-order valence-electron chi connectivity index (χ4n) is 13.5. The second-order valence-corrected chi connectivity index (χ2v) is 21.9. The lowest BCUT2D eigenvalue weighted by Gasteiger charge is -2.26. The Morgan fingerprint density at radius 1 is 0.274 bits per heavy atom. The molecule has 20 heteroatoms. The van der Waals surface area contributed by atoms with Gasteiger partial charge in [-0.15, -0.1) is 0 Å². The molecule has 17 rings (SSSR count). The summed E-state index contributed by atoms with van der Waals surface area (Å²) >= 11 is 0. The van der Waals surface area contributed by atoms with Crippen molar-refractivity contribution in [3.63, 3.8) is 0 Å². The SMILES string of the molecule is CCc1c2c3cc4c1Cc1c(cc5c(c1CC)Cc1c(cc6c(c1CC)Cc1c(cc(c(c1CC)C2)Oc1cc2[nH]c(N)nc2cc1O3)Oc1cc2nc(N)[nH]c2cc1O6)Oc1cc2nc(N)[nH]c2cc1O5)Oc1cc2[nH]c(N)nc2cc1O4. The molecule has 8 heterocycles. The molecule has 0 spiro atoms. The first-order valence-electron chi connectivity index (χ1n) is 28.2. The van der Waals surface area contributed by atoms with Crippen molar-refractivity contribution in [1.82, 2.24) is 39.9 Å². The number of hydrogen-bond donors (Lipinski definition) is 8. The van der Waals surface area contributed by atoms with Crippen LogP contribution in [-0.4, -0.2) is 39.9 Å². The lowest BCUT2D eigenvalue weighted by molar-refractivity contribution is 0.400. The van der Waals surface area contributed by atoms with E-state index in [0.29, 0.717) is 187 Å². The van der Waals surface area contributed by atoms with E-state index in [1.165, 1.54) is 0 Å². The molecule has 0 radical (unpaired) electrons. The molecule has 84 heavy (non-hydrogen) atoms. The van der Waals surface area contributed by atoms with Gasteiger partial charge < -0.3 is 80.8 Å². The van der Waals surface area contributed by atoms with Crippen LogP contribution in [0.1, 0.15) is 94.5 Å². The zero-order valence-electron chi connectivity index (χ0n) is 45.9. The van der Waals surface area contributed by atoms with E-state index in [2.05, 4.69) is 67.6 Å². The molecule has 4 aromatic heterocycles. The van der Waals surface area contributed by atoms with E-state index in [1.54, 1.807) is 0 Å². The number of hydrogen-bond acceptors (Lipinski definition) is 16. The number of nitrogens with two attached hydrogens (primary N) is 4. The van der Waals surface area contributed by atoms with Gasteiger partial charge >= 0.3 is 0 Å². The van der Waals surface area contributed by atoms with Crippen molar-refractivity contribution in [3.05, 3.63) is 140 Å². The highest BCUT2D eigenvalue weighted by Gasteiger charge is 2.36. The minimum Gasteiger partial charge on any atom is -0.453 e. The summed E-state index contributed by atoms with van der Waals surface area (Å²) in [6.45, 7) is 8.72. The molecular formula is C64H52N12O8. The molecule has 416 valence electrons. The van der Waals surface area contributed by atoms with Gasteiger partial charge in [0.1, 0.15) is 46.0 Å². The van der Waals surface area contributed by atoms with Crippen LogP contribution in [0, 0.1) is 0 Å². The number of nitrogens with zero attached hydrogens (tertiary/aromatic N) is 4. The summed E-state index contributed by atoms with van der Waals surface area (Å²) in [6, 6.07) is 23.0. The van der Waals surface area contributed by atoms with Crippen LogP contribution in [0.15, 0.2) is 72.8 Å². The summed E-state index contributed by atoms with van der Waals surface area (Å²) in [5, 5.41) is 0. The number of imidazole rings is 4. The third-order valence-corrected chi connectivity index (χ3v) is 17.2. The van der Waals surface area contributed by atoms with Crippen LogP contribution in [0.4, 0.5) is 23.8 Å². The second-order valence-electron chi connectivity index (χ2n) is 21.9. The molecule has 0 atom stereocenters. The second kappa shape index (κ2) is 17.4. The summed E-state index contributed by atoms with van der Waals surface area (Å²) in [6.07, 6.45) is 3.99. The Hall–Kier alpha value is -10.8. The van der Waals surface area contributed by atoms with Gasteiger partial charge in [0.15, 0.2) is 69.8 Å². The van der Waals surface area contributed by atoms with E-state index in [4.69, 9.17) is 60.8 Å². The lowest BCUT2D eigenvalue weighted by atomic mass is 9.81. The van der Waals surface area contributed by atoms with Crippen molar-refractivity contribution >= 4 is 67.9 Å². The molecule has 12 N–H and O–H groups in total. The number of fused-ring (bicyclic) bond motifs is 8. The summed E-state index contributed by atoms with van der Waals surface area (Å²) in [5.74, 6) is 9.02. The van der Waals surface area contributed by atoms with E-state index in [0.717, 1.165) is 66.8 Å². The third kappa shape index (κ3) is 7.18. The summed E-state index contributed by atoms with van der Waals surface area (Å²) < 4.78 is 58.3. The average molecular weight is 1120 g/mol. The predicted molar refractivity (Wildman–Crippen MR) is 317 cm³/mol. The largest absolute Gasteiger partial charge is 0.453 e. The van der Waals surface area contributed by atoms with Gasteiger partial charge in [0.25, 0.3) is 0 Å². The van der Waals surface area contributed by atoms with Crippen molar-refractivity contribution in [2.75, 3.05) is 22.9 Å². The first-order valence-corrected chi connectivity index (χ1v) is 28.2. The number of rotatable bonds is 4. The van der Waals surface area contributed by atoms with Gasteiger partial charge in [-0.05, 0) is 47.9 Å². The van der Waals surface area contributed by atoms with E-state index < -0.39 is 0 Å². The van der Waals surface area contributed by atoms with Gasteiger partial charge in [-0.25, -0.2) is 19.9 Å². The van der Waals surface area contributed by atoms with Crippen LogP contribution in [-0.2, 0) is 51.4 Å². The molecular weight excluding hydrogens is 1060 g/mol. The first-order chi connectivity index (χ1) is 40.9. The predicted octanol–water partition coefficient (Wildman–Crippen LogP) is 14.0. The van der Waals surface area contributed by atoms with Crippen LogP contribution in [0.3, 0.4) is 0 Å². The van der Waals surface area contributed by atoms with Crippen LogP contribution in [0.2, 0.25) is 0 Å².